The number of thioether (sulfide) groups is 1. The van der Waals surface area contributed by atoms with E-state index in [2.05, 4.69) is 6.92 Å². The van der Waals surface area contributed by atoms with Crippen LogP contribution < -0.4 is 10.5 Å². The van der Waals surface area contributed by atoms with E-state index < -0.39 is 0 Å². The summed E-state index contributed by atoms with van der Waals surface area (Å²) in [6.07, 6.45) is 3.34. The van der Waals surface area contributed by atoms with Gasteiger partial charge in [0.15, 0.2) is 0 Å². The first kappa shape index (κ1) is 13.1. The summed E-state index contributed by atoms with van der Waals surface area (Å²) in [6, 6.07) is 5.97. The van der Waals surface area contributed by atoms with Gasteiger partial charge in [-0.3, -0.25) is 0 Å². The third-order valence-electron chi connectivity index (χ3n) is 3.98. The summed E-state index contributed by atoms with van der Waals surface area (Å²) in [5.41, 5.74) is 7.96. The Morgan fingerprint density at radius 1 is 1.47 bits per heavy atom. The highest BCUT2D eigenvalue weighted by molar-refractivity contribution is 7.99. The van der Waals surface area contributed by atoms with Crippen LogP contribution >= 0.6 is 11.8 Å². The summed E-state index contributed by atoms with van der Waals surface area (Å²) in [5.74, 6) is 3.14. The van der Waals surface area contributed by atoms with Gasteiger partial charge >= 0.3 is 0 Å². The molecule has 19 heavy (non-hydrogen) atoms. The topological polar surface area (TPSA) is 44.5 Å². The van der Waals surface area contributed by atoms with Gasteiger partial charge in [-0.1, -0.05) is 6.07 Å². The highest BCUT2D eigenvalue weighted by atomic mass is 32.2. The van der Waals surface area contributed by atoms with E-state index in [0.29, 0.717) is 0 Å². The molecule has 2 saturated heterocycles. The predicted octanol–water partition coefficient (Wildman–Crippen LogP) is 3.01. The number of nitrogen functional groups attached to an aromatic ring is 1. The van der Waals surface area contributed by atoms with Gasteiger partial charge in [0.2, 0.25) is 0 Å². The highest BCUT2D eigenvalue weighted by Gasteiger charge is 2.41. The fourth-order valence-electron chi connectivity index (χ4n) is 2.87. The van der Waals surface area contributed by atoms with E-state index in [1.165, 1.54) is 11.3 Å². The molecule has 0 aromatic heterocycles. The zero-order valence-electron chi connectivity index (χ0n) is 11.4. The van der Waals surface area contributed by atoms with Crippen LogP contribution in [0, 0.1) is 6.92 Å². The number of hydrogen-bond donors (Lipinski definition) is 1. The van der Waals surface area contributed by atoms with Gasteiger partial charge in [0.25, 0.3) is 0 Å². The van der Waals surface area contributed by atoms with Gasteiger partial charge < -0.3 is 15.2 Å². The molecule has 2 unspecified atom stereocenters. The first-order valence-electron chi connectivity index (χ1n) is 6.91. The number of rotatable bonds is 2. The van der Waals surface area contributed by atoms with Gasteiger partial charge in [-0.25, -0.2) is 0 Å². The molecule has 2 heterocycles. The lowest BCUT2D eigenvalue weighted by Gasteiger charge is -2.37. The van der Waals surface area contributed by atoms with E-state index in [9.17, 15) is 0 Å². The van der Waals surface area contributed by atoms with Crippen LogP contribution in [0.15, 0.2) is 18.2 Å². The Morgan fingerprint density at radius 3 is 3.16 bits per heavy atom. The van der Waals surface area contributed by atoms with E-state index in [1.54, 1.807) is 0 Å². The second kappa shape index (κ2) is 5.25. The molecule has 2 fully saturated rings. The predicted molar refractivity (Wildman–Crippen MR) is 79.9 cm³/mol. The second-order valence-electron chi connectivity index (χ2n) is 5.61. The summed E-state index contributed by atoms with van der Waals surface area (Å²) in [6.45, 7) is 2.86. The van der Waals surface area contributed by atoms with E-state index in [-0.39, 0.29) is 11.7 Å². The fraction of sp³-hybridized carbons (Fsp3) is 0.600. The average Bonchev–Trinajstić information content (AvgIpc) is 2.82. The first-order chi connectivity index (χ1) is 9.17. The number of benzene rings is 1. The minimum atomic E-state index is 0.0617. The molecule has 104 valence electrons. The quantitative estimate of drug-likeness (QED) is 0.845. The van der Waals surface area contributed by atoms with Crippen molar-refractivity contribution in [2.24, 2.45) is 0 Å². The molecule has 2 aliphatic rings. The maximum absolute atomic E-state index is 6.14. The van der Waals surface area contributed by atoms with Gasteiger partial charge in [-0.15, -0.1) is 0 Å². The molecule has 3 nitrogen and oxygen atoms in total. The molecule has 1 aromatic carbocycles. The van der Waals surface area contributed by atoms with Crippen LogP contribution in [0.25, 0.3) is 0 Å². The van der Waals surface area contributed by atoms with Gasteiger partial charge in [0, 0.05) is 18.6 Å². The smallest absolute Gasteiger partial charge is 0.142 e. The number of anilines is 1. The maximum Gasteiger partial charge on any atom is 0.142 e. The van der Waals surface area contributed by atoms with Crippen molar-refractivity contribution >= 4 is 17.4 Å². The molecular formula is C15H21NO2S. The molecule has 0 amide bonds. The Balaban J connectivity index is 1.70. The van der Waals surface area contributed by atoms with Gasteiger partial charge in [-0.05, 0) is 36.8 Å². The Morgan fingerprint density at radius 2 is 2.37 bits per heavy atom. The molecule has 2 aliphatic heterocycles. The molecule has 3 rings (SSSR count). The summed E-state index contributed by atoms with van der Waals surface area (Å²) < 4.78 is 12.2. The fourth-order valence-corrected chi connectivity index (χ4v) is 4.25. The van der Waals surface area contributed by atoms with Crippen LogP contribution in [0.2, 0.25) is 0 Å². The monoisotopic (exact) mass is 279 g/mol. The molecule has 1 aromatic rings. The van der Waals surface area contributed by atoms with Crippen molar-refractivity contribution in [2.45, 2.75) is 37.9 Å². The Labute approximate surface area is 118 Å². The van der Waals surface area contributed by atoms with Crippen molar-refractivity contribution in [1.29, 1.82) is 0 Å². The zero-order valence-corrected chi connectivity index (χ0v) is 12.2. The SMILES string of the molecule is Cc1ccc(N)c(OC2CCOC3(CCSC3)C2)c1. The Hall–Kier alpha value is -0.870. The van der Waals surface area contributed by atoms with Crippen LogP contribution in [0.3, 0.4) is 0 Å². The third kappa shape index (κ3) is 2.84. The van der Waals surface area contributed by atoms with Crippen LogP contribution in [0.4, 0.5) is 5.69 Å². The average molecular weight is 279 g/mol. The molecular weight excluding hydrogens is 258 g/mol. The molecule has 0 aliphatic carbocycles. The van der Waals surface area contributed by atoms with Crippen molar-refractivity contribution in [3.8, 4) is 5.75 Å². The standard InChI is InChI=1S/C15H21NO2S/c1-11-2-3-13(16)14(8-11)18-12-4-6-17-15(9-12)5-7-19-10-15/h2-3,8,12H,4-7,9-10,16H2,1H3. The van der Waals surface area contributed by atoms with Crippen LogP contribution in [0.5, 0.6) is 5.75 Å². The summed E-state index contributed by atoms with van der Waals surface area (Å²) in [7, 11) is 0. The zero-order chi connectivity index (χ0) is 13.3. The van der Waals surface area contributed by atoms with Crippen molar-refractivity contribution < 1.29 is 9.47 Å². The Kier molecular flexibility index (Phi) is 3.63. The maximum atomic E-state index is 6.14. The molecule has 4 heteroatoms. The second-order valence-corrected chi connectivity index (χ2v) is 6.71. The van der Waals surface area contributed by atoms with Gasteiger partial charge in [0.1, 0.15) is 11.9 Å². The molecule has 1 spiro atoms. The van der Waals surface area contributed by atoms with E-state index in [0.717, 1.165) is 43.1 Å². The molecule has 2 N–H and O–H groups in total. The van der Waals surface area contributed by atoms with Crippen molar-refractivity contribution in [3.63, 3.8) is 0 Å². The summed E-state index contributed by atoms with van der Waals surface area (Å²) in [4.78, 5) is 0. The normalized spacial score (nSPS) is 30.7. The number of nitrogens with two attached hydrogens (primary N) is 1. The van der Waals surface area contributed by atoms with E-state index in [1.807, 2.05) is 30.0 Å². The molecule has 0 bridgehead atoms. The lowest BCUT2D eigenvalue weighted by Crippen LogP contribution is -2.43. The van der Waals surface area contributed by atoms with Crippen LogP contribution in [-0.4, -0.2) is 29.8 Å². The lowest BCUT2D eigenvalue weighted by atomic mass is 9.91. The first-order valence-corrected chi connectivity index (χ1v) is 8.07. The van der Waals surface area contributed by atoms with Crippen molar-refractivity contribution in [3.05, 3.63) is 23.8 Å². The highest BCUT2D eigenvalue weighted by Crippen LogP contribution is 2.39. The number of ether oxygens (including phenoxy) is 2. The largest absolute Gasteiger partial charge is 0.488 e. The minimum Gasteiger partial charge on any atom is -0.488 e. The van der Waals surface area contributed by atoms with Crippen LogP contribution in [0.1, 0.15) is 24.8 Å². The van der Waals surface area contributed by atoms with Gasteiger partial charge in [-0.2, -0.15) is 11.8 Å². The van der Waals surface area contributed by atoms with Gasteiger partial charge in [0.05, 0.1) is 17.9 Å². The number of hydrogen-bond acceptors (Lipinski definition) is 4. The summed E-state index contributed by atoms with van der Waals surface area (Å²) in [5, 5.41) is 0. The van der Waals surface area contributed by atoms with Crippen molar-refractivity contribution in [1.82, 2.24) is 0 Å². The van der Waals surface area contributed by atoms with E-state index >= 15 is 0 Å². The molecule has 2 atom stereocenters. The Bertz CT molecular complexity index is 457. The third-order valence-corrected chi connectivity index (χ3v) is 5.20. The molecule has 0 saturated carbocycles. The van der Waals surface area contributed by atoms with Crippen molar-refractivity contribution in [2.75, 3.05) is 23.8 Å². The minimum absolute atomic E-state index is 0.0617. The van der Waals surface area contributed by atoms with Crippen LogP contribution in [-0.2, 0) is 4.74 Å². The summed E-state index contributed by atoms with van der Waals surface area (Å²) >= 11 is 1.99. The number of aryl methyl sites for hydroxylation is 1. The lowest BCUT2D eigenvalue weighted by molar-refractivity contribution is -0.0957. The van der Waals surface area contributed by atoms with E-state index in [4.69, 9.17) is 15.2 Å². The molecule has 0 radical (unpaired) electrons.